The van der Waals surface area contributed by atoms with E-state index in [1.807, 2.05) is 13.8 Å². The summed E-state index contributed by atoms with van der Waals surface area (Å²) in [6.07, 6.45) is 0.903. The topological polar surface area (TPSA) is 64.8 Å². The molecule has 0 aromatic heterocycles. The van der Waals surface area contributed by atoms with Crippen molar-refractivity contribution in [2.75, 3.05) is 33.0 Å². The molecule has 1 aromatic rings. The van der Waals surface area contributed by atoms with Gasteiger partial charge in [-0.15, -0.1) is 0 Å². The van der Waals surface area contributed by atoms with Crippen LogP contribution in [0.25, 0.3) is 0 Å². The van der Waals surface area contributed by atoms with Crippen molar-refractivity contribution in [3.05, 3.63) is 17.7 Å². The summed E-state index contributed by atoms with van der Waals surface area (Å²) in [5.41, 5.74) is 6.75. The van der Waals surface area contributed by atoms with Crippen molar-refractivity contribution in [1.82, 2.24) is 4.90 Å². The van der Waals surface area contributed by atoms with E-state index in [4.69, 9.17) is 15.2 Å². The third-order valence-corrected chi connectivity index (χ3v) is 2.96. The molecule has 0 aliphatic rings. The van der Waals surface area contributed by atoms with E-state index >= 15 is 0 Å². The van der Waals surface area contributed by atoms with Crippen LogP contribution in [0.2, 0.25) is 0 Å². The molecule has 5 nitrogen and oxygen atoms in total. The number of amides is 1. The molecule has 106 valence electrons. The van der Waals surface area contributed by atoms with Crippen molar-refractivity contribution < 1.29 is 14.3 Å². The second kappa shape index (κ2) is 6.87. The lowest BCUT2D eigenvalue weighted by Gasteiger charge is -2.22. The normalized spacial score (nSPS) is 10.1. The van der Waals surface area contributed by atoms with Gasteiger partial charge in [0.25, 0.3) is 5.91 Å². The molecule has 19 heavy (non-hydrogen) atoms. The molecule has 5 heteroatoms. The average Bonchev–Trinajstić information content (AvgIpc) is 2.44. The standard InChI is InChI=1S/C14H22N2O3/c1-5-7-16(6-2)14(17)11-8-10(18-3)9-12(19-4)13(11)15/h8-9H,5-7,15H2,1-4H3. The number of rotatable bonds is 6. The van der Waals surface area contributed by atoms with Gasteiger partial charge in [0, 0.05) is 19.2 Å². The highest BCUT2D eigenvalue weighted by Gasteiger charge is 2.20. The van der Waals surface area contributed by atoms with Crippen LogP contribution >= 0.6 is 0 Å². The first kappa shape index (κ1) is 15.1. The van der Waals surface area contributed by atoms with E-state index in [1.165, 1.54) is 7.11 Å². The molecular formula is C14H22N2O3. The van der Waals surface area contributed by atoms with Crippen molar-refractivity contribution in [3.8, 4) is 11.5 Å². The highest BCUT2D eigenvalue weighted by Crippen LogP contribution is 2.31. The molecule has 0 aliphatic heterocycles. The Bertz CT molecular complexity index is 447. The van der Waals surface area contributed by atoms with Crippen molar-refractivity contribution in [3.63, 3.8) is 0 Å². The van der Waals surface area contributed by atoms with Gasteiger partial charge in [-0.05, 0) is 19.4 Å². The molecule has 2 N–H and O–H groups in total. The number of nitrogens with two attached hydrogens (primary N) is 1. The van der Waals surface area contributed by atoms with Gasteiger partial charge in [0.2, 0.25) is 0 Å². The van der Waals surface area contributed by atoms with Gasteiger partial charge >= 0.3 is 0 Å². The summed E-state index contributed by atoms with van der Waals surface area (Å²) in [4.78, 5) is 14.2. The molecular weight excluding hydrogens is 244 g/mol. The van der Waals surface area contributed by atoms with Crippen LogP contribution in [0, 0.1) is 0 Å². The van der Waals surface area contributed by atoms with Crippen molar-refractivity contribution in [1.29, 1.82) is 0 Å². The van der Waals surface area contributed by atoms with Crippen LogP contribution in [0.1, 0.15) is 30.6 Å². The first-order chi connectivity index (χ1) is 9.08. The lowest BCUT2D eigenvalue weighted by Crippen LogP contribution is -2.32. The number of nitrogens with zero attached hydrogens (tertiary/aromatic N) is 1. The van der Waals surface area contributed by atoms with E-state index in [-0.39, 0.29) is 5.91 Å². The molecule has 0 atom stereocenters. The first-order valence-corrected chi connectivity index (χ1v) is 6.39. The molecule has 0 spiro atoms. The third-order valence-electron chi connectivity index (χ3n) is 2.96. The molecule has 0 unspecified atom stereocenters. The summed E-state index contributed by atoms with van der Waals surface area (Å²) < 4.78 is 10.3. The minimum atomic E-state index is -0.0981. The maximum Gasteiger partial charge on any atom is 0.256 e. The molecule has 0 fully saturated rings. The maximum absolute atomic E-state index is 12.5. The van der Waals surface area contributed by atoms with E-state index in [9.17, 15) is 4.79 Å². The van der Waals surface area contributed by atoms with E-state index in [0.717, 1.165) is 6.42 Å². The number of ether oxygens (including phenoxy) is 2. The quantitative estimate of drug-likeness (QED) is 0.801. The number of carbonyl (C=O) groups excluding carboxylic acids is 1. The third kappa shape index (κ3) is 3.30. The second-order valence-corrected chi connectivity index (χ2v) is 4.18. The number of hydrogen-bond donors (Lipinski definition) is 1. The molecule has 1 amide bonds. The predicted molar refractivity (Wildman–Crippen MR) is 75.8 cm³/mol. The number of nitrogen functional groups attached to an aromatic ring is 1. The number of benzene rings is 1. The van der Waals surface area contributed by atoms with Crippen LogP contribution < -0.4 is 15.2 Å². The zero-order chi connectivity index (χ0) is 14.4. The summed E-state index contributed by atoms with van der Waals surface area (Å²) in [6, 6.07) is 3.32. The van der Waals surface area contributed by atoms with Crippen LogP contribution in [-0.4, -0.2) is 38.1 Å². The largest absolute Gasteiger partial charge is 0.497 e. The Morgan fingerprint density at radius 2 is 1.95 bits per heavy atom. The van der Waals surface area contributed by atoms with E-state index in [2.05, 4.69) is 0 Å². The zero-order valence-corrected chi connectivity index (χ0v) is 12.0. The lowest BCUT2D eigenvalue weighted by atomic mass is 10.1. The Hall–Kier alpha value is -1.91. The minimum absolute atomic E-state index is 0.0981. The lowest BCUT2D eigenvalue weighted by molar-refractivity contribution is 0.0765. The molecule has 0 heterocycles. The average molecular weight is 266 g/mol. The van der Waals surface area contributed by atoms with Crippen LogP contribution in [0.5, 0.6) is 11.5 Å². The van der Waals surface area contributed by atoms with E-state index in [0.29, 0.717) is 35.8 Å². The molecule has 0 radical (unpaired) electrons. The number of anilines is 1. The molecule has 0 aliphatic carbocycles. The van der Waals surface area contributed by atoms with Crippen LogP contribution in [0.4, 0.5) is 5.69 Å². The van der Waals surface area contributed by atoms with Gasteiger partial charge in [0.05, 0.1) is 25.5 Å². The van der Waals surface area contributed by atoms with Gasteiger partial charge in [-0.2, -0.15) is 0 Å². The molecule has 1 rings (SSSR count). The Balaban J connectivity index is 3.20. The SMILES string of the molecule is CCCN(CC)C(=O)c1cc(OC)cc(OC)c1N. The van der Waals surface area contributed by atoms with Crippen molar-refractivity contribution >= 4 is 11.6 Å². The fourth-order valence-electron chi connectivity index (χ4n) is 1.91. The number of methoxy groups -OCH3 is 2. The van der Waals surface area contributed by atoms with Gasteiger partial charge in [-0.25, -0.2) is 0 Å². The van der Waals surface area contributed by atoms with Gasteiger partial charge in [-0.1, -0.05) is 6.92 Å². The van der Waals surface area contributed by atoms with E-state index in [1.54, 1.807) is 24.1 Å². The molecule has 0 saturated heterocycles. The smallest absolute Gasteiger partial charge is 0.256 e. The highest BCUT2D eigenvalue weighted by molar-refractivity contribution is 6.01. The van der Waals surface area contributed by atoms with Crippen LogP contribution in [0.3, 0.4) is 0 Å². The first-order valence-electron chi connectivity index (χ1n) is 6.39. The second-order valence-electron chi connectivity index (χ2n) is 4.18. The van der Waals surface area contributed by atoms with Gasteiger partial charge in [0.15, 0.2) is 0 Å². The highest BCUT2D eigenvalue weighted by atomic mass is 16.5. The molecule has 0 saturated carbocycles. The van der Waals surface area contributed by atoms with Crippen LogP contribution in [0.15, 0.2) is 12.1 Å². The fraction of sp³-hybridized carbons (Fsp3) is 0.500. The van der Waals surface area contributed by atoms with Gasteiger partial charge in [-0.3, -0.25) is 4.79 Å². The van der Waals surface area contributed by atoms with Gasteiger partial charge < -0.3 is 20.1 Å². The van der Waals surface area contributed by atoms with Crippen LogP contribution in [-0.2, 0) is 0 Å². The Kier molecular flexibility index (Phi) is 5.48. The summed E-state index contributed by atoms with van der Waals surface area (Å²) in [6.45, 7) is 5.33. The number of hydrogen-bond acceptors (Lipinski definition) is 4. The monoisotopic (exact) mass is 266 g/mol. The maximum atomic E-state index is 12.5. The summed E-state index contributed by atoms with van der Waals surface area (Å²) in [5.74, 6) is 0.913. The Morgan fingerprint density at radius 1 is 1.26 bits per heavy atom. The fourth-order valence-corrected chi connectivity index (χ4v) is 1.91. The minimum Gasteiger partial charge on any atom is -0.497 e. The summed E-state index contributed by atoms with van der Waals surface area (Å²) in [7, 11) is 3.06. The summed E-state index contributed by atoms with van der Waals surface area (Å²) >= 11 is 0. The van der Waals surface area contributed by atoms with E-state index < -0.39 is 0 Å². The Labute approximate surface area is 114 Å². The molecule has 0 bridgehead atoms. The van der Waals surface area contributed by atoms with Crippen molar-refractivity contribution in [2.45, 2.75) is 20.3 Å². The zero-order valence-electron chi connectivity index (χ0n) is 12.0. The van der Waals surface area contributed by atoms with Gasteiger partial charge in [0.1, 0.15) is 11.5 Å². The van der Waals surface area contributed by atoms with Crippen molar-refractivity contribution in [2.24, 2.45) is 0 Å². The number of carbonyl (C=O) groups is 1. The predicted octanol–water partition coefficient (Wildman–Crippen LogP) is 2.16. The molecule has 1 aromatic carbocycles. The Morgan fingerprint density at radius 3 is 2.42 bits per heavy atom. The summed E-state index contributed by atoms with van der Waals surface area (Å²) in [5, 5.41) is 0.